The van der Waals surface area contributed by atoms with Crippen molar-refractivity contribution in [1.82, 2.24) is 0 Å². The molecule has 0 aromatic rings. The third-order valence-electron chi connectivity index (χ3n) is 3.09. The zero-order valence-corrected chi connectivity index (χ0v) is 11.2. The minimum absolute atomic E-state index is 0.0297. The zero-order valence-electron chi connectivity index (χ0n) is 11.2. The van der Waals surface area contributed by atoms with E-state index in [2.05, 4.69) is 0 Å². The van der Waals surface area contributed by atoms with Gasteiger partial charge in [0, 0.05) is 0 Å². The highest BCUT2D eigenvalue weighted by Gasteiger charge is 2.49. The molecule has 1 N–H and O–H groups in total. The lowest BCUT2D eigenvalue weighted by Crippen LogP contribution is -2.42. The van der Waals surface area contributed by atoms with E-state index in [1.807, 2.05) is 6.92 Å². The van der Waals surface area contributed by atoms with E-state index in [-0.39, 0.29) is 13.0 Å². The number of aliphatic hydroxyl groups is 1. The van der Waals surface area contributed by atoms with E-state index in [0.29, 0.717) is 13.3 Å². The molecule has 0 saturated carbocycles. The fourth-order valence-corrected chi connectivity index (χ4v) is 1.06. The fourth-order valence-electron chi connectivity index (χ4n) is 1.06. The van der Waals surface area contributed by atoms with Gasteiger partial charge in [-0.25, -0.2) is 0 Å². The summed E-state index contributed by atoms with van der Waals surface area (Å²) < 4.78 is 41.8. The third-order valence-corrected chi connectivity index (χ3v) is 3.09. The van der Waals surface area contributed by atoms with Crippen molar-refractivity contribution in [3.05, 3.63) is 0 Å². The summed E-state index contributed by atoms with van der Waals surface area (Å²) in [5, 5.41) is 9.16. The summed E-state index contributed by atoms with van der Waals surface area (Å²) in [6.07, 6.45) is -4.60. The molecule has 0 saturated heterocycles. The quantitative estimate of drug-likeness (QED) is 0.596. The van der Waals surface area contributed by atoms with Crippen molar-refractivity contribution in [2.75, 3.05) is 6.61 Å². The summed E-state index contributed by atoms with van der Waals surface area (Å²) in [7, 11) is 0. The number of alkyl halides is 3. The first kappa shape index (κ1) is 17.2. The molecule has 0 heterocycles. The Balaban J connectivity index is 4.06. The first-order valence-corrected chi connectivity index (χ1v) is 5.90. The van der Waals surface area contributed by atoms with E-state index < -0.39 is 29.6 Å². The number of carbonyl (C=O) groups is 1. The van der Waals surface area contributed by atoms with Crippen molar-refractivity contribution >= 4 is 5.97 Å². The van der Waals surface area contributed by atoms with Crippen molar-refractivity contribution in [3.8, 4) is 0 Å². The van der Waals surface area contributed by atoms with Crippen molar-refractivity contribution in [1.29, 1.82) is 0 Å². The van der Waals surface area contributed by atoms with E-state index in [4.69, 9.17) is 9.84 Å². The van der Waals surface area contributed by atoms with Crippen molar-refractivity contribution in [2.24, 2.45) is 5.41 Å². The maximum absolute atomic E-state index is 12.3. The van der Waals surface area contributed by atoms with Crippen LogP contribution in [0.1, 0.15) is 47.0 Å². The van der Waals surface area contributed by atoms with Gasteiger partial charge in [-0.3, -0.25) is 4.79 Å². The number of carbonyl (C=O) groups excluding carboxylic acids is 1. The highest BCUT2D eigenvalue weighted by Crippen LogP contribution is 2.33. The number of hydrogen-bond donors (Lipinski definition) is 1. The predicted molar refractivity (Wildman–Crippen MR) is 60.9 cm³/mol. The lowest BCUT2D eigenvalue weighted by molar-refractivity contribution is -0.255. The molecule has 0 spiro atoms. The highest BCUT2D eigenvalue weighted by molar-refractivity contribution is 5.75. The van der Waals surface area contributed by atoms with Gasteiger partial charge in [0.15, 0.2) is 5.60 Å². The Morgan fingerprint density at radius 3 is 2.11 bits per heavy atom. The highest BCUT2D eigenvalue weighted by atomic mass is 19.4. The Labute approximate surface area is 105 Å². The van der Waals surface area contributed by atoms with Crippen molar-refractivity contribution < 1.29 is 27.8 Å². The Morgan fingerprint density at radius 2 is 1.72 bits per heavy atom. The standard InChI is InChI=1S/C12H21F3O3/c1-5-10(2,3)9(16)18-8-6-7-11(4,17)12(13,14)15/h17H,5-8H2,1-4H3. The van der Waals surface area contributed by atoms with E-state index >= 15 is 0 Å². The van der Waals surface area contributed by atoms with E-state index in [1.54, 1.807) is 13.8 Å². The fraction of sp³-hybridized carbons (Fsp3) is 0.917. The average molecular weight is 270 g/mol. The van der Waals surface area contributed by atoms with Crippen LogP contribution in [-0.2, 0) is 9.53 Å². The van der Waals surface area contributed by atoms with Gasteiger partial charge in [-0.05, 0) is 40.0 Å². The van der Waals surface area contributed by atoms with Crippen LogP contribution in [-0.4, -0.2) is 29.5 Å². The molecule has 0 bridgehead atoms. The van der Waals surface area contributed by atoms with Gasteiger partial charge in [-0.1, -0.05) is 6.92 Å². The molecule has 0 aliphatic rings. The largest absolute Gasteiger partial charge is 0.465 e. The number of rotatable bonds is 6. The van der Waals surface area contributed by atoms with Crippen LogP contribution in [0.4, 0.5) is 13.2 Å². The molecular weight excluding hydrogens is 249 g/mol. The molecule has 6 heteroatoms. The van der Waals surface area contributed by atoms with Crippen LogP contribution in [0.5, 0.6) is 0 Å². The minimum Gasteiger partial charge on any atom is -0.465 e. The molecule has 3 nitrogen and oxygen atoms in total. The SMILES string of the molecule is CCC(C)(C)C(=O)OCCCC(C)(O)C(F)(F)F. The van der Waals surface area contributed by atoms with Crippen molar-refractivity contribution in [3.63, 3.8) is 0 Å². The summed E-state index contributed by atoms with van der Waals surface area (Å²) in [4.78, 5) is 11.5. The third kappa shape index (κ3) is 4.84. The monoisotopic (exact) mass is 270 g/mol. The molecule has 0 amide bonds. The van der Waals surface area contributed by atoms with Crippen LogP contribution in [0.15, 0.2) is 0 Å². The minimum atomic E-state index is -4.67. The Kier molecular flexibility index (Phi) is 5.65. The van der Waals surface area contributed by atoms with Crippen LogP contribution in [0.2, 0.25) is 0 Å². The van der Waals surface area contributed by atoms with Gasteiger partial charge in [0.2, 0.25) is 0 Å². The Morgan fingerprint density at radius 1 is 1.22 bits per heavy atom. The van der Waals surface area contributed by atoms with Crippen LogP contribution in [0.25, 0.3) is 0 Å². The van der Waals surface area contributed by atoms with Gasteiger partial charge < -0.3 is 9.84 Å². The van der Waals surface area contributed by atoms with Gasteiger partial charge in [-0.2, -0.15) is 13.2 Å². The Bertz CT molecular complexity index is 283. The molecule has 1 unspecified atom stereocenters. The van der Waals surface area contributed by atoms with Gasteiger partial charge in [0.1, 0.15) is 0 Å². The maximum atomic E-state index is 12.3. The smallest absolute Gasteiger partial charge is 0.416 e. The van der Waals surface area contributed by atoms with Crippen LogP contribution < -0.4 is 0 Å². The van der Waals surface area contributed by atoms with E-state index in [9.17, 15) is 18.0 Å². The molecule has 0 aliphatic heterocycles. The van der Waals surface area contributed by atoms with Crippen LogP contribution >= 0.6 is 0 Å². The van der Waals surface area contributed by atoms with Gasteiger partial charge >= 0.3 is 12.1 Å². The summed E-state index contributed by atoms with van der Waals surface area (Å²) >= 11 is 0. The molecule has 0 aromatic carbocycles. The second-order valence-corrected chi connectivity index (χ2v) is 5.25. The van der Waals surface area contributed by atoms with E-state index in [0.717, 1.165) is 0 Å². The first-order chi connectivity index (χ1) is 7.94. The van der Waals surface area contributed by atoms with E-state index in [1.165, 1.54) is 0 Å². The average Bonchev–Trinajstić information content (AvgIpc) is 2.22. The molecule has 1 atom stereocenters. The van der Waals surface area contributed by atoms with Gasteiger partial charge in [0.05, 0.1) is 12.0 Å². The molecule has 18 heavy (non-hydrogen) atoms. The van der Waals surface area contributed by atoms with Crippen molar-refractivity contribution in [2.45, 2.75) is 58.7 Å². The zero-order chi connectivity index (χ0) is 14.6. The molecule has 0 fully saturated rings. The number of hydrogen-bond acceptors (Lipinski definition) is 3. The normalized spacial score (nSPS) is 16.2. The second-order valence-electron chi connectivity index (χ2n) is 5.25. The molecule has 108 valence electrons. The first-order valence-electron chi connectivity index (χ1n) is 5.90. The van der Waals surface area contributed by atoms with Gasteiger partial charge in [0.25, 0.3) is 0 Å². The molecular formula is C12H21F3O3. The predicted octanol–water partition coefficient (Wildman–Crippen LogP) is 3.06. The lowest BCUT2D eigenvalue weighted by atomic mass is 9.91. The summed E-state index contributed by atoms with van der Waals surface area (Å²) in [5.41, 5.74) is -3.37. The molecule has 0 radical (unpaired) electrons. The molecule has 0 aromatic heterocycles. The maximum Gasteiger partial charge on any atom is 0.416 e. The molecule has 0 rings (SSSR count). The summed E-state index contributed by atoms with van der Waals surface area (Å²) in [5.74, 6) is -0.434. The van der Waals surface area contributed by atoms with Crippen LogP contribution in [0, 0.1) is 5.41 Å². The summed E-state index contributed by atoms with van der Waals surface area (Å²) in [6.45, 7) is 5.84. The number of ether oxygens (including phenoxy) is 1. The topological polar surface area (TPSA) is 46.5 Å². The number of esters is 1. The molecule has 0 aliphatic carbocycles. The Hall–Kier alpha value is -0.780. The number of halogens is 3. The summed E-state index contributed by atoms with van der Waals surface area (Å²) in [6, 6.07) is 0. The van der Waals surface area contributed by atoms with Crippen LogP contribution in [0.3, 0.4) is 0 Å². The lowest BCUT2D eigenvalue weighted by Gasteiger charge is -2.26. The second kappa shape index (κ2) is 5.91. The van der Waals surface area contributed by atoms with Gasteiger partial charge in [-0.15, -0.1) is 0 Å².